The molecule has 2 aromatic rings. The van der Waals surface area contributed by atoms with E-state index >= 15 is 0 Å². The smallest absolute Gasteiger partial charge is 0.255 e. The minimum atomic E-state index is -0.548. The number of ether oxygens (including phenoxy) is 2. The molecular formula is C23H25N3O5S. The number of thioether (sulfide) groups is 1. The molecule has 32 heavy (non-hydrogen) atoms. The van der Waals surface area contributed by atoms with Gasteiger partial charge in [-0.25, -0.2) is 0 Å². The van der Waals surface area contributed by atoms with E-state index in [1.165, 1.54) is 14.2 Å². The summed E-state index contributed by atoms with van der Waals surface area (Å²) in [5, 5.41) is 5.69. The van der Waals surface area contributed by atoms with Crippen LogP contribution in [-0.2, 0) is 9.59 Å². The fourth-order valence-corrected chi connectivity index (χ4v) is 5.54. The number of hydrogen-bond acceptors (Lipinski definition) is 6. The standard InChI is InChI=1S/C23H25N3O5S/c1-23-10-9-20(27)26(23)17(13-32-23)22(29)25-16-12-18(30-2)15(11-19(16)31-3)24-21(28)14-7-5-4-6-8-14/h4-8,11-12,17H,9-10,13H2,1-3H3,(H,24,28)(H,25,29). The predicted molar refractivity (Wildman–Crippen MR) is 123 cm³/mol. The minimum absolute atomic E-state index is 0.00108. The number of hydrogen-bond donors (Lipinski definition) is 2. The van der Waals surface area contributed by atoms with E-state index < -0.39 is 6.04 Å². The molecule has 2 N–H and O–H groups in total. The van der Waals surface area contributed by atoms with Crippen molar-refractivity contribution in [3.63, 3.8) is 0 Å². The number of nitrogens with one attached hydrogen (secondary N) is 2. The molecule has 2 aromatic carbocycles. The summed E-state index contributed by atoms with van der Waals surface area (Å²) < 4.78 is 10.9. The highest BCUT2D eigenvalue weighted by molar-refractivity contribution is 8.01. The molecule has 0 spiro atoms. The normalized spacial score (nSPS) is 21.8. The third-order valence-electron chi connectivity index (χ3n) is 5.81. The zero-order valence-corrected chi connectivity index (χ0v) is 19.0. The van der Waals surface area contributed by atoms with E-state index in [4.69, 9.17) is 9.47 Å². The van der Waals surface area contributed by atoms with E-state index in [0.717, 1.165) is 6.42 Å². The van der Waals surface area contributed by atoms with Crippen LogP contribution in [0.1, 0.15) is 30.1 Å². The molecule has 3 amide bonds. The van der Waals surface area contributed by atoms with E-state index in [9.17, 15) is 14.4 Å². The molecule has 0 aromatic heterocycles. The van der Waals surface area contributed by atoms with Gasteiger partial charge in [-0.3, -0.25) is 14.4 Å². The average molecular weight is 456 g/mol. The van der Waals surface area contributed by atoms with Crippen molar-refractivity contribution in [2.45, 2.75) is 30.7 Å². The van der Waals surface area contributed by atoms with Gasteiger partial charge in [-0.2, -0.15) is 0 Å². The van der Waals surface area contributed by atoms with Crippen molar-refractivity contribution in [3.05, 3.63) is 48.0 Å². The molecule has 2 aliphatic rings. The third kappa shape index (κ3) is 4.00. The average Bonchev–Trinajstić information content (AvgIpc) is 3.30. The van der Waals surface area contributed by atoms with Gasteiger partial charge in [-0.05, 0) is 25.5 Å². The van der Waals surface area contributed by atoms with Gasteiger partial charge in [0.15, 0.2) is 0 Å². The van der Waals surface area contributed by atoms with Gasteiger partial charge in [0, 0.05) is 29.9 Å². The van der Waals surface area contributed by atoms with Crippen LogP contribution >= 0.6 is 11.8 Å². The molecule has 2 unspecified atom stereocenters. The molecule has 2 aliphatic heterocycles. The van der Waals surface area contributed by atoms with Crippen molar-refractivity contribution in [1.82, 2.24) is 4.90 Å². The zero-order valence-electron chi connectivity index (χ0n) is 18.1. The number of anilines is 2. The molecule has 2 fully saturated rings. The van der Waals surface area contributed by atoms with E-state index in [-0.39, 0.29) is 22.6 Å². The highest BCUT2D eigenvalue weighted by Gasteiger charge is 2.52. The fourth-order valence-electron chi connectivity index (χ4n) is 4.11. The molecule has 9 heteroatoms. The summed E-state index contributed by atoms with van der Waals surface area (Å²) in [4.78, 5) is 39.4. The maximum Gasteiger partial charge on any atom is 0.255 e. The molecule has 168 valence electrons. The lowest BCUT2D eigenvalue weighted by molar-refractivity contribution is -0.135. The van der Waals surface area contributed by atoms with Gasteiger partial charge >= 0.3 is 0 Å². The van der Waals surface area contributed by atoms with Gasteiger partial charge in [-0.15, -0.1) is 11.8 Å². The molecule has 4 rings (SSSR count). The van der Waals surface area contributed by atoms with Crippen LogP contribution in [0.4, 0.5) is 11.4 Å². The van der Waals surface area contributed by atoms with Gasteiger partial charge in [0.1, 0.15) is 17.5 Å². The van der Waals surface area contributed by atoms with E-state index in [0.29, 0.717) is 40.6 Å². The number of methoxy groups -OCH3 is 2. The largest absolute Gasteiger partial charge is 0.494 e. The lowest BCUT2D eigenvalue weighted by Gasteiger charge is -2.30. The Morgan fingerprint density at radius 2 is 1.69 bits per heavy atom. The van der Waals surface area contributed by atoms with Gasteiger partial charge in [-0.1, -0.05) is 18.2 Å². The first kappa shape index (κ1) is 22.0. The Balaban J connectivity index is 1.56. The summed E-state index contributed by atoms with van der Waals surface area (Å²) in [5.41, 5.74) is 1.31. The first-order chi connectivity index (χ1) is 15.4. The second kappa shape index (κ2) is 8.74. The summed E-state index contributed by atoms with van der Waals surface area (Å²) in [5.74, 6) is 0.701. The summed E-state index contributed by atoms with van der Waals surface area (Å²) in [6.45, 7) is 2.00. The topological polar surface area (TPSA) is 97.0 Å². The number of carbonyl (C=O) groups excluding carboxylic acids is 3. The van der Waals surface area contributed by atoms with Crippen molar-refractivity contribution < 1.29 is 23.9 Å². The van der Waals surface area contributed by atoms with Crippen LogP contribution in [0.25, 0.3) is 0 Å². The number of amides is 3. The molecule has 2 atom stereocenters. The van der Waals surface area contributed by atoms with Crippen LogP contribution in [0.15, 0.2) is 42.5 Å². The van der Waals surface area contributed by atoms with Crippen molar-refractivity contribution >= 4 is 40.9 Å². The Bertz CT molecular complexity index is 1060. The van der Waals surface area contributed by atoms with Crippen LogP contribution in [0.3, 0.4) is 0 Å². The van der Waals surface area contributed by atoms with Crippen LogP contribution in [0.5, 0.6) is 11.5 Å². The Morgan fingerprint density at radius 3 is 2.31 bits per heavy atom. The van der Waals surface area contributed by atoms with Gasteiger partial charge in [0.05, 0.1) is 30.5 Å². The number of fused-ring (bicyclic) bond motifs is 1. The number of carbonyl (C=O) groups is 3. The van der Waals surface area contributed by atoms with Crippen LogP contribution in [-0.4, -0.2) is 53.5 Å². The lowest BCUT2D eigenvalue weighted by Crippen LogP contribution is -2.48. The molecule has 8 nitrogen and oxygen atoms in total. The van der Waals surface area contributed by atoms with Crippen LogP contribution in [0.2, 0.25) is 0 Å². The summed E-state index contributed by atoms with van der Waals surface area (Å²) in [7, 11) is 2.96. The number of rotatable bonds is 6. The van der Waals surface area contributed by atoms with Crippen molar-refractivity contribution in [3.8, 4) is 11.5 Å². The molecule has 0 aliphatic carbocycles. The van der Waals surface area contributed by atoms with Gasteiger partial charge < -0.3 is 25.0 Å². The molecule has 2 saturated heterocycles. The number of nitrogens with zero attached hydrogens (tertiary/aromatic N) is 1. The summed E-state index contributed by atoms with van der Waals surface area (Å²) in [6.07, 6.45) is 1.20. The van der Waals surface area contributed by atoms with Crippen molar-refractivity contribution in [2.75, 3.05) is 30.6 Å². The van der Waals surface area contributed by atoms with E-state index in [2.05, 4.69) is 10.6 Å². The van der Waals surface area contributed by atoms with E-state index in [1.54, 1.807) is 53.1 Å². The summed E-state index contributed by atoms with van der Waals surface area (Å²) >= 11 is 1.63. The quantitative estimate of drug-likeness (QED) is 0.694. The van der Waals surface area contributed by atoms with Crippen LogP contribution in [0, 0.1) is 0 Å². The fraction of sp³-hybridized carbons (Fsp3) is 0.348. The minimum Gasteiger partial charge on any atom is -0.494 e. The molecule has 0 radical (unpaired) electrons. The maximum atomic E-state index is 13.1. The number of benzene rings is 2. The third-order valence-corrected chi connectivity index (χ3v) is 7.32. The monoisotopic (exact) mass is 455 g/mol. The first-order valence-corrected chi connectivity index (χ1v) is 11.2. The van der Waals surface area contributed by atoms with Crippen molar-refractivity contribution in [2.24, 2.45) is 0 Å². The SMILES string of the molecule is COc1cc(NC(=O)C2CSC3(C)CCC(=O)N23)c(OC)cc1NC(=O)c1ccccc1. The maximum absolute atomic E-state index is 13.1. The second-order valence-electron chi connectivity index (χ2n) is 7.83. The Hall–Kier alpha value is -3.20. The summed E-state index contributed by atoms with van der Waals surface area (Å²) in [6, 6.07) is 11.5. The van der Waals surface area contributed by atoms with Gasteiger partial charge in [0.2, 0.25) is 11.8 Å². The first-order valence-electron chi connectivity index (χ1n) is 10.3. The highest BCUT2D eigenvalue weighted by atomic mass is 32.2. The van der Waals surface area contributed by atoms with Gasteiger partial charge in [0.25, 0.3) is 5.91 Å². The Labute approximate surface area is 190 Å². The molecule has 0 bridgehead atoms. The van der Waals surface area contributed by atoms with E-state index in [1.807, 2.05) is 13.0 Å². The highest BCUT2D eigenvalue weighted by Crippen LogP contribution is 2.47. The zero-order chi connectivity index (χ0) is 22.9. The Morgan fingerprint density at radius 1 is 1.06 bits per heavy atom. The molecule has 2 heterocycles. The van der Waals surface area contributed by atoms with Crippen molar-refractivity contribution in [1.29, 1.82) is 0 Å². The molecular weight excluding hydrogens is 430 g/mol. The predicted octanol–water partition coefficient (Wildman–Crippen LogP) is 3.35. The lowest BCUT2D eigenvalue weighted by atomic mass is 10.1. The Kier molecular flexibility index (Phi) is 6.01. The second-order valence-corrected chi connectivity index (χ2v) is 9.33. The van der Waals surface area contributed by atoms with Crippen LogP contribution < -0.4 is 20.1 Å². The molecule has 0 saturated carbocycles.